The number of aliphatic imine (C=N–C) groups is 1. The number of benzene rings is 2. The number of guanidine groups is 1. The molecule has 0 fully saturated rings. The van der Waals surface area contributed by atoms with Gasteiger partial charge in [0, 0.05) is 29.0 Å². The van der Waals surface area contributed by atoms with E-state index in [2.05, 4.69) is 15.3 Å². The van der Waals surface area contributed by atoms with Crippen LogP contribution in [0.5, 0.6) is 0 Å². The average molecular weight is 412 g/mol. The molecular weight excluding hydrogens is 394 g/mol. The van der Waals surface area contributed by atoms with Crippen molar-refractivity contribution in [2.24, 2.45) is 16.5 Å². The minimum Gasteiger partial charge on any atom is -0.480 e. The molecule has 0 bridgehead atoms. The number of nitrogens with two attached hydrogens (primary N) is 2. The first kappa shape index (κ1) is 20.1. The quantitative estimate of drug-likeness (QED) is 0.361. The van der Waals surface area contributed by atoms with Gasteiger partial charge >= 0.3 is 5.97 Å². The molecule has 9 heteroatoms. The number of pyridine rings is 1. The third-order valence-corrected chi connectivity index (χ3v) is 4.50. The lowest BCUT2D eigenvalue weighted by molar-refractivity contribution is -0.139. The Morgan fingerprint density at radius 3 is 2.52 bits per heavy atom. The number of nitrogens with one attached hydrogen (secondary N) is 1. The summed E-state index contributed by atoms with van der Waals surface area (Å²) in [5.41, 5.74) is 11.9. The van der Waals surface area contributed by atoms with Crippen LogP contribution < -0.4 is 16.8 Å². The van der Waals surface area contributed by atoms with Crippen molar-refractivity contribution in [1.29, 1.82) is 0 Å². The Morgan fingerprint density at radius 2 is 1.86 bits per heavy atom. The fraction of sp³-hybridized carbons (Fsp3) is 0.100. The summed E-state index contributed by atoms with van der Waals surface area (Å²) >= 11 is 6.16. The van der Waals surface area contributed by atoms with Crippen LogP contribution in [0.1, 0.15) is 15.9 Å². The number of fused-ring (bicyclic) bond motifs is 1. The molecule has 2 aromatic carbocycles. The zero-order chi connectivity index (χ0) is 21.0. The maximum absolute atomic E-state index is 12.7. The highest BCUT2D eigenvalue weighted by Crippen LogP contribution is 2.30. The third-order valence-electron chi connectivity index (χ3n) is 4.20. The molecule has 0 spiro atoms. The van der Waals surface area contributed by atoms with E-state index >= 15 is 0 Å². The number of carbonyl (C=O) groups is 2. The average Bonchev–Trinajstić information content (AvgIpc) is 2.69. The molecule has 1 atom stereocenters. The molecule has 3 aromatic rings. The summed E-state index contributed by atoms with van der Waals surface area (Å²) in [5, 5.41) is 13.5. The summed E-state index contributed by atoms with van der Waals surface area (Å²) in [4.78, 5) is 32.4. The molecule has 0 saturated carbocycles. The fourth-order valence-electron chi connectivity index (χ4n) is 2.84. The number of hydrogen-bond donors (Lipinski definition) is 4. The first-order chi connectivity index (χ1) is 13.8. The second kappa shape index (κ2) is 8.57. The maximum Gasteiger partial charge on any atom is 0.326 e. The number of halogens is 1. The SMILES string of the molecule is NC(N)=Nc1ncc(Cl)c2ccc(C(=O)N[C@@H](Cc3ccccc3)C(=O)O)cc12. The van der Waals surface area contributed by atoms with Crippen molar-refractivity contribution >= 4 is 46.0 Å². The molecule has 0 aliphatic rings. The molecule has 0 aliphatic heterocycles. The molecule has 1 heterocycles. The topological polar surface area (TPSA) is 144 Å². The molecule has 29 heavy (non-hydrogen) atoms. The molecule has 0 saturated heterocycles. The largest absolute Gasteiger partial charge is 0.480 e. The number of aromatic nitrogens is 1. The molecule has 1 amide bonds. The van der Waals surface area contributed by atoms with E-state index in [4.69, 9.17) is 23.1 Å². The normalized spacial score (nSPS) is 11.6. The Balaban J connectivity index is 1.91. The van der Waals surface area contributed by atoms with Crippen molar-refractivity contribution in [2.45, 2.75) is 12.5 Å². The van der Waals surface area contributed by atoms with Crippen LogP contribution in [0.2, 0.25) is 5.02 Å². The lowest BCUT2D eigenvalue weighted by atomic mass is 10.0. The lowest BCUT2D eigenvalue weighted by Crippen LogP contribution is -2.42. The second-order valence-corrected chi connectivity index (χ2v) is 6.69. The van der Waals surface area contributed by atoms with Gasteiger partial charge in [0.05, 0.1) is 5.02 Å². The van der Waals surface area contributed by atoms with Gasteiger partial charge in [-0.05, 0) is 17.7 Å². The maximum atomic E-state index is 12.7. The van der Waals surface area contributed by atoms with Gasteiger partial charge in [-0.1, -0.05) is 48.0 Å². The van der Waals surface area contributed by atoms with Gasteiger partial charge in [0.15, 0.2) is 11.8 Å². The molecule has 0 aliphatic carbocycles. The van der Waals surface area contributed by atoms with E-state index in [-0.39, 0.29) is 23.8 Å². The highest BCUT2D eigenvalue weighted by Gasteiger charge is 2.21. The van der Waals surface area contributed by atoms with Crippen LogP contribution >= 0.6 is 11.6 Å². The monoisotopic (exact) mass is 411 g/mol. The number of hydrogen-bond acceptors (Lipinski definition) is 4. The smallest absolute Gasteiger partial charge is 0.326 e. The van der Waals surface area contributed by atoms with Crippen LogP contribution in [0.4, 0.5) is 5.82 Å². The Labute approximate surface area is 171 Å². The van der Waals surface area contributed by atoms with Crippen molar-refractivity contribution in [3.63, 3.8) is 0 Å². The fourth-order valence-corrected chi connectivity index (χ4v) is 3.05. The molecule has 3 rings (SSSR count). The second-order valence-electron chi connectivity index (χ2n) is 6.28. The zero-order valence-electron chi connectivity index (χ0n) is 15.2. The zero-order valence-corrected chi connectivity index (χ0v) is 15.9. The third kappa shape index (κ3) is 4.80. The molecule has 6 N–H and O–H groups in total. The van der Waals surface area contributed by atoms with Gasteiger partial charge in [-0.25, -0.2) is 9.78 Å². The van der Waals surface area contributed by atoms with E-state index in [1.165, 1.54) is 12.3 Å². The molecule has 1 aromatic heterocycles. The lowest BCUT2D eigenvalue weighted by Gasteiger charge is -2.15. The molecule has 0 radical (unpaired) electrons. The molecule has 148 valence electrons. The van der Waals surface area contributed by atoms with Gasteiger partial charge in [0.25, 0.3) is 5.91 Å². The van der Waals surface area contributed by atoms with Crippen LogP contribution in [0.15, 0.2) is 59.7 Å². The minimum atomic E-state index is -1.13. The predicted molar refractivity (Wildman–Crippen MR) is 111 cm³/mol. The Hall–Kier alpha value is -3.65. The van der Waals surface area contributed by atoms with Crippen LogP contribution in [0.25, 0.3) is 10.8 Å². The van der Waals surface area contributed by atoms with Crippen molar-refractivity contribution < 1.29 is 14.7 Å². The van der Waals surface area contributed by atoms with Gasteiger partial charge < -0.3 is 21.9 Å². The van der Waals surface area contributed by atoms with Crippen molar-refractivity contribution in [3.8, 4) is 0 Å². The highest BCUT2D eigenvalue weighted by atomic mass is 35.5. The van der Waals surface area contributed by atoms with Gasteiger partial charge in [-0.2, -0.15) is 4.99 Å². The van der Waals surface area contributed by atoms with E-state index in [1.807, 2.05) is 6.07 Å². The number of carbonyl (C=O) groups excluding carboxylic acids is 1. The van der Waals surface area contributed by atoms with Crippen molar-refractivity contribution in [2.75, 3.05) is 0 Å². The van der Waals surface area contributed by atoms with Crippen LogP contribution in [-0.4, -0.2) is 34.0 Å². The van der Waals surface area contributed by atoms with E-state index < -0.39 is 17.9 Å². The minimum absolute atomic E-state index is 0.155. The molecule has 0 unspecified atom stereocenters. The standard InChI is InChI=1S/C20H18ClN5O3/c21-15-10-24-17(26-20(22)23)14-9-12(6-7-13(14)15)18(27)25-16(19(28)29)8-11-4-2-1-3-5-11/h1-7,9-10,16H,8H2,(H,25,27)(H,28,29)(H4,22,23,24,26)/t16-/m0/s1. The summed E-state index contributed by atoms with van der Waals surface area (Å²) in [6.45, 7) is 0. The summed E-state index contributed by atoms with van der Waals surface area (Å²) in [7, 11) is 0. The van der Waals surface area contributed by atoms with Crippen molar-refractivity contribution in [3.05, 3.63) is 70.9 Å². The summed E-state index contributed by atoms with van der Waals surface area (Å²) in [6.07, 6.45) is 1.56. The number of carboxylic acid groups (broad SMARTS) is 1. The Morgan fingerprint density at radius 1 is 1.14 bits per heavy atom. The number of aliphatic carboxylic acids is 1. The Kier molecular flexibility index (Phi) is 5.94. The van der Waals surface area contributed by atoms with Gasteiger partial charge in [0.1, 0.15) is 6.04 Å². The summed E-state index contributed by atoms with van der Waals surface area (Å²) < 4.78 is 0. The first-order valence-electron chi connectivity index (χ1n) is 8.60. The number of nitrogens with zero attached hydrogens (tertiary/aromatic N) is 2. The summed E-state index contributed by atoms with van der Waals surface area (Å²) in [6, 6.07) is 12.7. The highest BCUT2D eigenvalue weighted by molar-refractivity contribution is 6.35. The van der Waals surface area contributed by atoms with E-state index in [9.17, 15) is 14.7 Å². The van der Waals surface area contributed by atoms with Gasteiger partial charge in [-0.15, -0.1) is 0 Å². The van der Waals surface area contributed by atoms with E-state index in [1.54, 1.807) is 36.4 Å². The molecule has 8 nitrogen and oxygen atoms in total. The van der Waals surface area contributed by atoms with Crippen LogP contribution in [0, 0.1) is 0 Å². The number of rotatable bonds is 6. The van der Waals surface area contributed by atoms with Crippen LogP contribution in [0.3, 0.4) is 0 Å². The van der Waals surface area contributed by atoms with E-state index in [0.29, 0.717) is 15.8 Å². The Bertz CT molecular complexity index is 1100. The van der Waals surface area contributed by atoms with Crippen molar-refractivity contribution in [1.82, 2.24) is 10.3 Å². The van der Waals surface area contributed by atoms with Gasteiger partial charge in [0.2, 0.25) is 0 Å². The predicted octanol–water partition coefficient (Wildman–Crippen LogP) is 2.22. The summed E-state index contributed by atoms with van der Waals surface area (Å²) in [5.74, 6) is -1.66. The van der Waals surface area contributed by atoms with Gasteiger partial charge in [-0.3, -0.25) is 4.79 Å². The number of carboxylic acids is 1. The number of amides is 1. The molecular formula is C20H18ClN5O3. The van der Waals surface area contributed by atoms with E-state index in [0.717, 1.165) is 5.56 Å². The van der Waals surface area contributed by atoms with Crippen LogP contribution in [-0.2, 0) is 11.2 Å². The first-order valence-corrected chi connectivity index (χ1v) is 8.98.